The minimum Gasteiger partial charge on any atom is -0.497 e. The van der Waals surface area contributed by atoms with E-state index >= 15 is 0 Å². The zero-order valence-electron chi connectivity index (χ0n) is 20.8. The molecule has 0 atom stereocenters. The maximum absolute atomic E-state index is 13.5. The van der Waals surface area contributed by atoms with Crippen molar-refractivity contribution in [3.8, 4) is 5.75 Å². The highest BCUT2D eigenvalue weighted by Gasteiger charge is 2.26. The Morgan fingerprint density at radius 3 is 1.89 bits per heavy atom. The first-order chi connectivity index (χ1) is 17.0. The standard InChI is InChI=1S/C26H31N3O5S2/c1-18-15-19(2)26(20(3)16-18)36(32,33)28-22-9-12-24(29-13-5-6-14-29)25(17-22)35(30,31)27-21-7-10-23(34-4)11-8-21/h7-12,15-17,27-28H,5-6,13-14H2,1-4H3. The van der Waals surface area contributed by atoms with Gasteiger partial charge in [0, 0.05) is 18.8 Å². The molecule has 0 unspecified atom stereocenters. The molecule has 0 aromatic heterocycles. The van der Waals surface area contributed by atoms with Crippen molar-refractivity contribution < 1.29 is 21.6 Å². The summed E-state index contributed by atoms with van der Waals surface area (Å²) in [6.45, 7) is 6.88. The smallest absolute Gasteiger partial charge is 0.264 e. The number of ether oxygens (including phenoxy) is 1. The number of hydrogen-bond acceptors (Lipinski definition) is 6. The van der Waals surface area contributed by atoms with Gasteiger partial charge in [-0.15, -0.1) is 0 Å². The van der Waals surface area contributed by atoms with Crippen molar-refractivity contribution in [3.63, 3.8) is 0 Å². The van der Waals surface area contributed by atoms with E-state index in [2.05, 4.69) is 9.44 Å². The van der Waals surface area contributed by atoms with Crippen molar-refractivity contribution in [2.24, 2.45) is 0 Å². The summed E-state index contributed by atoms with van der Waals surface area (Å²) in [7, 11) is -6.44. The van der Waals surface area contributed by atoms with E-state index in [4.69, 9.17) is 4.74 Å². The fraction of sp³-hybridized carbons (Fsp3) is 0.308. The summed E-state index contributed by atoms with van der Waals surface area (Å²) < 4.78 is 64.0. The van der Waals surface area contributed by atoms with Crippen LogP contribution in [0.25, 0.3) is 0 Å². The third-order valence-corrected chi connectivity index (χ3v) is 9.26. The molecule has 4 rings (SSSR count). The van der Waals surface area contributed by atoms with E-state index in [1.807, 2.05) is 24.0 Å². The molecule has 1 aliphatic heterocycles. The molecule has 1 fully saturated rings. The summed E-state index contributed by atoms with van der Waals surface area (Å²) in [5, 5.41) is 0. The fourth-order valence-electron chi connectivity index (χ4n) is 4.68. The second-order valence-electron chi connectivity index (χ2n) is 9.04. The molecule has 0 aliphatic carbocycles. The van der Waals surface area contributed by atoms with Gasteiger partial charge in [-0.2, -0.15) is 0 Å². The van der Waals surface area contributed by atoms with Gasteiger partial charge in [0.25, 0.3) is 20.0 Å². The van der Waals surface area contributed by atoms with Crippen molar-refractivity contribution in [3.05, 3.63) is 71.3 Å². The van der Waals surface area contributed by atoms with E-state index in [0.717, 1.165) is 31.5 Å². The zero-order valence-corrected chi connectivity index (χ0v) is 22.5. The SMILES string of the molecule is COc1ccc(NS(=O)(=O)c2cc(NS(=O)(=O)c3c(C)cc(C)cc3C)ccc2N2CCCC2)cc1. The molecule has 1 aliphatic rings. The largest absolute Gasteiger partial charge is 0.497 e. The normalized spacial score (nSPS) is 14.1. The zero-order chi connectivity index (χ0) is 26.1. The minimum atomic E-state index is -4.03. The van der Waals surface area contributed by atoms with Gasteiger partial charge in [-0.25, -0.2) is 16.8 Å². The summed E-state index contributed by atoms with van der Waals surface area (Å²) in [5.41, 5.74) is 3.31. The minimum absolute atomic E-state index is 0.0118. The van der Waals surface area contributed by atoms with Crippen molar-refractivity contribution in [2.45, 2.75) is 43.4 Å². The van der Waals surface area contributed by atoms with Gasteiger partial charge in [-0.1, -0.05) is 17.7 Å². The van der Waals surface area contributed by atoms with Crippen molar-refractivity contribution in [1.82, 2.24) is 0 Å². The monoisotopic (exact) mass is 529 g/mol. The number of aryl methyl sites for hydroxylation is 3. The topological polar surface area (TPSA) is 105 Å². The summed E-state index contributed by atoms with van der Waals surface area (Å²) in [6, 6.07) is 14.8. The van der Waals surface area contributed by atoms with E-state index in [1.54, 1.807) is 50.2 Å². The molecule has 0 amide bonds. The number of sulfonamides is 2. The highest BCUT2D eigenvalue weighted by atomic mass is 32.2. The van der Waals surface area contributed by atoms with E-state index in [9.17, 15) is 16.8 Å². The average Bonchev–Trinajstić information content (AvgIpc) is 3.33. The van der Waals surface area contributed by atoms with Gasteiger partial charge in [0.1, 0.15) is 10.6 Å². The van der Waals surface area contributed by atoms with Gasteiger partial charge < -0.3 is 9.64 Å². The molecule has 0 radical (unpaired) electrons. The maximum atomic E-state index is 13.5. The van der Waals surface area contributed by atoms with Crippen molar-refractivity contribution >= 4 is 37.1 Å². The molecule has 0 spiro atoms. The van der Waals surface area contributed by atoms with Gasteiger partial charge in [0.2, 0.25) is 0 Å². The van der Waals surface area contributed by atoms with Crippen LogP contribution < -0.4 is 19.1 Å². The number of methoxy groups -OCH3 is 1. The van der Waals surface area contributed by atoms with Gasteiger partial charge in [-0.3, -0.25) is 9.44 Å². The summed E-state index contributed by atoms with van der Waals surface area (Å²) >= 11 is 0. The second-order valence-corrected chi connectivity index (χ2v) is 12.3. The van der Waals surface area contributed by atoms with Crippen LogP contribution in [-0.2, 0) is 20.0 Å². The first-order valence-corrected chi connectivity index (χ1v) is 14.6. The van der Waals surface area contributed by atoms with Crippen LogP contribution >= 0.6 is 0 Å². The molecular weight excluding hydrogens is 498 g/mol. The molecule has 0 saturated carbocycles. The Bertz CT molecular complexity index is 1460. The Morgan fingerprint density at radius 1 is 0.750 bits per heavy atom. The molecular formula is C26H31N3O5S2. The van der Waals surface area contributed by atoms with Gasteiger partial charge in [0.05, 0.1) is 23.4 Å². The summed E-state index contributed by atoms with van der Waals surface area (Å²) in [4.78, 5) is 2.21. The predicted octanol–water partition coefficient (Wildman–Crippen LogP) is 4.82. The molecule has 3 aromatic carbocycles. The first-order valence-electron chi connectivity index (χ1n) is 11.7. The second kappa shape index (κ2) is 10.0. The number of nitrogens with one attached hydrogen (secondary N) is 2. The Balaban J connectivity index is 1.73. The molecule has 36 heavy (non-hydrogen) atoms. The summed E-state index contributed by atoms with van der Waals surface area (Å²) in [6.07, 6.45) is 1.93. The van der Waals surface area contributed by atoms with Crippen LogP contribution in [0.4, 0.5) is 17.1 Å². The van der Waals surface area contributed by atoms with Crippen molar-refractivity contribution in [1.29, 1.82) is 0 Å². The fourth-order valence-corrected chi connectivity index (χ4v) is 7.49. The quantitative estimate of drug-likeness (QED) is 0.433. The first kappa shape index (κ1) is 25.8. The molecule has 3 aromatic rings. The average molecular weight is 530 g/mol. The van der Waals surface area contributed by atoms with Crippen LogP contribution in [-0.4, -0.2) is 37.0 Å². The van der Waals surface area contributed by atoms with Gasteiger partial charge in [-0.05, 0) is 87.2 Å². The highest BCUT2D eigenvalue weighted by molar-refractivity contribution is 7.93. The number of nitrogens with zero attached hydrogens (tertiary/aromatic N) is 1. The predicted molar refractivity (Wildman–Crippen MR) is 143 cm³/mol. The lowest BCUT2D eigenvalue weighted by Gasteiger charge is -2.23. The van der Waals surface area contributed by atoms with E-state index in [1.165, 1.54) is 13.2 Å². The lowest BCUT2D eigenvalue weighted by molar-refractivity contribution is 0.415. The Labute approximate surface area is 213 Å². The van der Waals surface area contributed by atoms with Crippen LogP contribution in [0, 0.1) is 20.8 Å². The van der Waals surface area contributed by atoms with Gasteiger partial charge in [0.15, 0.2) is 0 Å². The summed E-state index contributed by atoms with van der Waals surface area (Å²) in [5.74, 6) is 0.605. The Hall–Kier alpha value is -3.24. The Morgan fingerprint density at radius 2 is 1.31 bits per heavy atom. The number of hydrogen-bond donors (Lipinski definition) is 2. The highest BCUT2D eigenvalue weighted by Crippen LogP contribution is 2.33. The molecule has 1 heterocycles. The van der Waals surface area contributed by atoms with E-state index in [0.29, 0.717) is 28.3 Å². The molecule has 8 nitrogen and oxygen atoms in total. The van der Waals surface area contributed by atoms with Gasteiger partial charge >= 0.3 is 0 Å². The lowest BCUT2D eigenvalue weighted by atomic mass is 10.1. The Kier molecular flexibility index (Phi) is 7.19. The molecule has 0 bridgehead atoms. The lowest BCUT2D eigenvalue weighted by Crippen LogP contribution is -2.23. The number of anilines is 3. The van der Waals surface area contributed by atoms with Crippen LogP contribution in [0.2, 0.25) is 0 Å². The van der Waals surface area contributed by atoms with Crippen molar-refractivity contribution in [2.75, 3.05) is 34.5 Å². The molecule has 1 saturated heterocycles. The van der Waals surface area contributed by atoms with E-state index < -0.39 is 20.0 Å². The van der Waals surface area contributed by atoms with E-state index in [-0.39, 0.29) is 15.5 Å². The molecule has 2 N–H and O–H groups in total. The third-order valence-electron chi connectivity index (χ3n) is 6.16. The van der Waals surface area contributed by atoms with Crippen LogP contribution in [0.1, 0.15) is 29.5 Å². The molecule has 192 valence electrons. The number of rotatable bonds is 8. The molecule has 10 heteroatoms. The number of benzene rings is 3. The van der Waals surface area contributed by atoms with Crippen LogP contribution in [0.5, 0.6) is 5.75 Å². The third kappa shape index (κ3) is 5.44. The van der Waals surface area contributed by atoms with Crippen LogP contribution in [0.3, 0.4) is 0 Å². The van der Waals surface area contributed by atoms with Crippen LogP contribution in [0.15, 0.2) is 64.4 Å². The maximum Gasteiger partial charge on any atom is 0.264 e.